The normalized spacial score (nSPS) is 10.0. The van der Waals surface area contributed by atoms with E-state index in [0.717, 1.165) is 26.1 Å². The summed E-state index contributed by atoms with van der Waals surface area (Å²) in [5, 5.41) is 6.14. The molecule has 9 heavy (non-hydrogen) atoms. The van der Waals surface area contributed by atoms with Gasteiger partial charge in [-0.15, -0.1) is 0 Å². The third-order valence-corrected chi connectivity index (χ3v) is 1.03. The average molecular weight is 130 g/mol. The van der Waals surface area contributed by atoms with Gasteiger partial charge in [0.15, 0.2) is 0 Å². The van der Waals surface area contributed by atoms with Crippen molar-refractivity contribution in [2.75, 3.05) is 26.3 Å². The lowest BCUT2D eigenvalue weighted by Crippen LogP contribution is -2.26. The van der Waals surface area contributed by atoms with Crippen LogP contribution in [0.15, 0.2) is 0 Å². The predicted octanol–water partition coefficient (Wildman–Crippen LogP) is -0.694. The molecule has 3 nitrogen and oxygen atoms in total. The van der Waals surface area contributed by atoms with E-state index in [4.69, 9.17) is 5.73 Å². The Hall–Kier alpha value is -0.120. The second-order valence-electron chi connectivity index (χ2n) is 1.81. The Labute approximate surface area is 57.0 Å². The molecule has 0 aliphatic rings. The first-order valence-corrected chi connectivity index (χ1v) is 3.32. The van der Waals surface area contributed by atoms with Crippen LogP contribution in [0.1, 0.15) is 6.42 Å². The van der Waals surface area contributed by atoms with E-state index in [1.54, 1.807) is 0 Å². The van der Waals surface area contributed by atoms with Crippen molar-refractivity contribution in [3.63, 3.8) is 0 Å². The minimum Gasteiger partial charge on any atom is -0.318 e. The van der Waals surface area contributed by atoms with Crippen LogP contribution < -0.4 is 16.4 Å². The Morgan fingerprint density at radius 3 is 2.44 bits per heavy atom. The molecular formula is C6H16N3. The smallest absolute Gasteiger partial charge is 0.0428 e. The zero-order chi connectivity index (χ0) is 6.95. The minimum absolute atomic E-state index is 0.574. The summed E-state index contributed by atoms with van der Waals surface area (Å²) in [6.45, 7) is 7.04. The Kier molecular flexibility index (Phi) is 7.77. The molecule has 0 unspecified atom stereocenters. The summed E-state index contributed by atoms with van der Waals surface area (Å²) in [6.07, 6.45) is 1.12. The van der Waals surface area contributed by atoms with Gasteiger partial charge in [0.2, 0.25) is 0 Å². The summed E-state index contributed by atoms with van der Waals surface area (Å²) in [5.74, 6) is 0. The standard InChI is InChI=1S/C6H16N3/c1-2-8-4-3-5-9-6-7/h8-9H,1-7H2. The number of rotatable bonds is 6. The van der Waals surface area contributed by atoms with Gasteiger partial charge < -0.3 is 16.4 Å². The van der Waals surface area contributed by atoms with Gasteiger partial charge >= 0.3 is 0 Å². The van der Waals surface area contributed by atoms with Gasteiger partial charge in [-0.25, -0.2) is 0 Å². The first-order valence-electron chi connectivity index (χ1n) is 3.32. The van der Waals surface area contributed by atoms with E-state index in [9.17, 15) is 0 Å². The second kappa shape index (κ2) is 7.88. The van der Waals surface area contributed by atoms with Gasteiger partial charge in [0.25, 0.3) is 0 Å². The fraction of sp³-hybridized carbons (Fsp3) is 0.833. The minimum atomic E-state index is 0.574. The molecule has 0 fully saturated rings. The molecule has 0 saturated carbocycles. The molecule has 0 amide bonds. The zero-order valence-corrected chi connectivity index (χ0v) is 5.82. The fourth-order valence-corrected chi connectivity index (χ4v) is 0.565. The molecule has 0 aromatic rings. The van der Waals surface area contributed by atoms with Gasteiger partial charge in [-0.3, -0.25) is 0 Å². The summed E-state index contributed by atoms with van der Waals surface area (Å²) in [4.78, 5) is 0. The van der Waals surface area contributed by atoms with E-state index in [2.05, 4.69) is 17.6 Å². The second-order valence-corrected chi connectivity index (χ2v) is 1.81. The monoisotopic (exact) mass is 130 g/mol. The number of nitrogens with one attached hydrogen (secondary N) is 2. The third-order valence-electron chi connectivity index (χ3n) is 1.03. The molecular weight excluding hydrogens is 114 g/mol. The van der Waals surface area contributed by atoms with Gasteiger partial charge in [0, 0.05) is 6.67 Å². The topological polar surface area (TPSA) is 50.1 Å². The molecule has 55 valence electrons. The van der Waals surface area contributed by atoms with Gasteiger partial charge in [-0.05, 0) is 33.0 Å². The van der Waals surface area contributed by atoms with E-state index in [1.165, 1.54) is 0 Å². The lowest BCUT2D eigenvalue weighted by atomic mass is 10.4. The number of hydrogen-bond donors (Lipinski definition) is 3. The third kappa shape index (κ3) is 7.88. The van der Waals surface area contributed by atoms with E-state index in [1.807, 2.05) is 0 Å². The molecule has 0 heterocycles. The van der Waals surface area contributed by atoms with Crippen LogP contribution >= 0.6 is 0 Å². The molecule has 0 saturated heterocycles. The highest BCUT2D eigenvalue weighted by molar-refractivity contribution is 4.50. The zero-order valence-electron chi connectivity index (χ0n) is 5.82. The molecule has 0 spiro atoms. The average Bonchev–Trinajstić information content (AvgIpc) is 1.89. The maximum atomic E-state index is 5.20. The summed E-state index contributed by atoms with van der Waals surface area (Å²) in [7, 11) is 0. The molecule has 0 rings (SSSR count). The molecule has 0 aliphatic heterocycles. The van der Waals surface area contributed by atoms with Crippen LogP contribution in [0.2, 0.25) is 0 Å². The molecule has 3 heteroatoms. The van der Waals surface area contributed by atoms with Crippen LogP contribution in [0.25, 0.3) is 0 Å². The van der Waals surface area contributed by atoms with E-state index >= 15 is 0 Å². The van der Waals surface area contributed by atoms with Crippen LogP contribution in [0.3, 0.4) is 0 Å². The first-order chi connectivity index (χ1) is 4.41. The van der Waals surface area contributed by atoms with Crippen LogP contribution in [-0.4, -0.2) is 26.3 Å². The Morgan fingerprint density at radius 2 is 1.89 bits per heavy atom. The van der Waals surface area contributed by atoms with Gasteiger partial charge in [0.1, 0.15) is 0 Å². The Morgan fingerprint density at radius 1 is 1.22 bits per heavy atom. The van der Waals surface area contributed by atoms with Crippen molar-refractivity contribution in [1.82, 2.24) is 10.6 Å². The van der Waals surface area contributed by atoms with Gasteiger partial charge in [-0.2, -0.15) is 0 Å². The van der Waals surface area contributed by atoms with Crippen molar-refractivity contribution in [2.24, 2.45) is 5.73 Å². The maximum absolute atomic E-state index is 5.20. The molecule has 4 N–H and O–H groups in total. The summed E-state index contributed by atoms with van der Waals surface area (Å²) >= 11 is 0. The van der Waals surface area contributed by atoms with E-state index < -0.39 is 0 Å². The highest BCUT2D eigenvalue weighted by atomic mass is 15.0. The van der Waals surface area contributed by atoms with Crippen molar-refractivity contribution in [2.45, 2.75) is 6.42 Å². The first kappa shape index (κ1) is 8.88. The summed E-state index contributed by atoms with van der Waals surface area (Å²) < 4.78 is 0. The van der Waals surface area contributed by atoms with Crippen molar-refractivity contribution < 1.29 is 0 Å². The van der Waals surface area contributed by atoms with Crippen LogP contribution in [0.4, 0.5) is 0 Å². The molecule has 0 aliphatic carbocycles. The van der Waals surface area contributed by atoms with Gasteiger partial charge in [-0.1, -0.05) is 0 Å². The van der Waals surface area contributed by atoms with E-state index in [-0.39, 0.29) is 0 Å². The quantitative estimate of drug-likeness (QED) is 0.329. The van der Waals surface area contributed by atoms with Crippen molar-refractivity contribution in [3.05, 3.63) is 6.92 Å². The fourth-order valence-electron chi connectivity index (χ4n) is 0.565. The Bertz CT molecular complexity index is 41.6. The highest BCUT2D eigenvalue weighted by Crippen LogP contribution is 1.69. The number of nitrogens with two attached hydrogens (primary N) is 1. The van der Waals surface area contributed by atoms with Crippen molar-refractivity contribution in [1.29, 1.82) is 0 Å². The largest absolute Gasteiger partial charge is 0.318 e. The number of hydrogen-bond acceptors (Lipinski definition) is 3. The molecule has 0 bridgehead atoms. The predicted molar refractivity (Wildman–Crippen MR) is 39.9 cm³/mol. The van der Waals surface area contributed by atoms with Crippen LogP contribution in [0.5, 0.6) is 0 Å². The van der Waals surface area contributed by atoms with Gasteiger partial charge in [0.05, 0.1) is 0 Å². The maximum Gasteiger partial charge on any atom is 0.0428 e. The molecule has 0 aromatic carbocycles. The van der Waals surface area contributed by atoms with E-state index in [0.29, 0.717) is 6.67 Å². The lowest BCUT2D eigenvalue weighted by Gasteiger charge is -2.00. The summed E-state index contributed by atoms with van der Waals surface area (Å²) in [6, 6.07) is 0. The van der Waals surface area contributed by atoms with Crippen LogP contribution in [-0.2, 0) is 0 Å². The van der Waals surface area contributed by atoms with Crippen molar-refractivity contribution >= 4 is 0 Å². The highest BCUT2D eigenvalue weighted by Gasteiger charge is 1.82. The lowest BCUT2D eigenvalue weighted by molar-refractivity contribution is 0.622. The van der Waals surface area contributed by atoms with Crippen molar-refractivity contribution in [3.8, 4) is 0 Å². The SMILES string of the molecule is [CH2]CNCCCNCN. The molecule has 0 aromatic heterocycles. The Balaban J connectivity index is 2.60. The molecule has 1 radical (unpaired) electrons. The van der Waals surface area contributed by atoms with Crippen LogP contribution in [0, 0.1) is 6.92 Å². The molecule has 0 atom stereocenters. The summed E-state index contributed by atoms with van der Waals surface area (Å²) in [5.41, 5.74) is 5.20.